The number of hydrogen-bond acceptors (Lipinski definition) is 2. The molecule has 1 aliphatic heterocycles. The molecule has 0 unspecified atom stereocenters. The number of rotatable bonds is 1. The lowest BCUT2D eigenvalue weighted by molar-refractivity contribution is 0.623. The molecule has 0 aliphatic carbocycles. The summed E-state index contributed by atoms with van der Waals surface area (Å²) in [7, 11) is 0. The number of nitrogens with zero attached hydrogens (tertiary/aromatic N) is 2. The predicted molar refractivity (Wildman–Crippen MR) is 77.1 cm³/mol. The summed E-state index contributed by atoms with van der Waals surface area (Å²) >= 11 is 0. The fourth-order valence-corrected chi connectivity index (χ4v) is 2.34. The first-order valence-corrected chi connectivity index (χ1v) is 6.07. The van der Waals surface area contributed by atoms with Crippen molar-refractivity contribution in [3.8, 4) is 0 Å². The molecule has 2 aromatic carbocycles. The molecule has 3 heteroatoms. The van der Waals surface area contributed by atoms with E-state index in [0.717, 1.165) is 11.5 Å². The second kappa shape index (κ2) is 4.35. The Balaban J connectivity index is 2.17. The van der Waals surface area contributed by atoms with Gasteiger partial charge in [-0.15, -0.1) is 0 Å². The first kappa shape index (κ1) is 11.7. The Hall–Kier alpha value is -2.42. The van der Waals surface area contributed by atoms with Crippen molar-refractivity contribution in [2.24, 2.45) is 4.99 Å². The summed E-state index contributed by atoms with van der Waals surface area (Å²) in [4.78, 5) is 6.32. The van der Waals surface area contributed by atoms with E-state index in [1.165, 1.54) is 6.07 Å². The first-order valence-electron chi connectivity index (χ1n) is 6.07. The number of aliphatic imine (C=N–C) groups is 1. The second-order valence-electron chi connectivity index (χ2n) is 4.41. The van der Waals surface area contributed by atoms with E-state index in [9.17, 15) is 4.39 Å². The average Bonchev–Trinajstić information content (AvgIpc) is 2.39. The Bertz CT molecular complexity index is 674. The summed E-state index contributed by atoms with van der Waals surface area (Å²) in [5.74, 6) is 0.494. The molecule has 0 spiro atoms. The van der Waals surface area contributed by atoms with Gasteiger partial charge in [0.2, 0.25) is 0 Å². The van der Waals surface area contributed by atoms with Crippen molar-refractivity contribution < 1.29 is 4.39 Å². The molecule has 19 heavy (non-hydrogen) atoms. The van der Waals surface area contributed by atoms with Gasteiger partial charge in [0.25, 0.3) is 0 Å². The Labute approximate surface area is 111 Å². The number of anilines is 1. The van der Waals surface area contributed by atoms with Crippen LogP contribution in [0.2, 0.25) is 0 Å². The maximum Gasteiger partial charge on any atom is 0.134 e. The van der Waals surface area contributed by atoms with Gasteiger partial charge in [0.05, 0.1) is 16.9 Å². The zero-order valence-corrected chi connectivity index (χ0v) is 10.6. The van der Waals surface area contributed by atoms with Crippen molar-refractivity contribution in [3.63, 3.8) is 0 Å². The molecular weight excluding hydrogens is 239 g/mol. The fourth-order valence-electron chi connectivity index (χ4n) is 2.34. The van der Waals surface area contributed by atoms with Gasteiger partial charge in [-0.25, -0.2) is 9.38 Å². The third-order valence-electron chi connectivity index (χ3n) is 3.17. The molecule has 0 amide bonds. The van der Waals surface area contributed by atoms with E-state index in [2.05, 4.69) is 11.6 Å². The molecule has 0 fully saturated rings. The summed E-state index contributed by atoms with van der Waals surface area (Å²) in [5, 5.41) is 0. The monoisotopic (exact) mass is 252 g/mol. The first-order chi connectivity index (χ1) is 9.18. The van der Waals surface area contributed by atoms with Crippen LogP contribution in [0.15, 0.2) is 60.1 Å². The van der Waals surface area contributed by atoms with Crippen LogP contribution in [-0.4, -0.2) is 5.84 Å². The zero-order chi connectivity index (χ0) is 13.4. The van der Waals surface area contributed by atoms with Gasteiger partial charge in [0, 0.05) is 5.69 Å². The minimum absolute atomic E-state index is 0.292. The highest BCUT2D eigenvalue weighted by atomic mass is 19.1. The van der Waals surface area contributed by atoms with Crippen LogP contribution >= 0.6 is 0 Å². The molecule has 2 nitrogen and oxygen atoms in total. The standard InChI is InChI=1S/C16H13FN2/c1-11-16-14(17)9-6-10-15(16)18-12(2)19(11)13-7-4-3-5-8-13/h3-10H,1H2,2H3. The van der Waals surface area contributed by atoms with Gasteiger partial charge in [0.1, 0.15) is 11.7 Å². The zero-order valence-electron chi connectivity index (χ0n) is 10.6. The second-order valence-corrected chi connectivity index (χ2v) is 4.41. The molecule has 0 N–H and O–H groups in total. The maximum atomic E-state index is 14.0. The van der Waals surface area contributed by atoms with Gasteiger partial charge >= 0.3 is 0 Å². The van der Waals surface area contributed by atoms with E-state index in [1.54, 1.807) is 12.1 Å². The topological polar surface area (TPSA) is 15.6 Å². The fraction of sp³-hybridized carbons (Fsp3) is 0.0625. The van der Waals surface area contributed by atoms with Crippen molar-refractivity contribution in [1.29, 1.82) is 0 Å². The van der Waals surface area contributed by atoms with Gasteiger partial charge in [-0.3, -0.25) is 4.90 Å². The SMILES string of the molecule is C=C1c2c(F)cccc2N=C(C)N1c1ccccc1. The minimum Gasteiger partial charge on any atom is -0.299 e. The van der Waals surface area contributed by atoms with Crippen LogP contribution in [0.3, 0.4) is 0 Å². The summed E-state index contributed by atoms with van der Waals surface area (Å²) in [6.45, 7) is 5.92. The van der Waals surface area contributed by atoms with Crippen LogP contribution in [0.4, 0.5) is 15.8 Å². The number of hydrogen-bond donors (Lipinski definition) is 0. The van der Waals surface area contributed by atoms with Crippen LogP contribution in [-0.2, 0) is 0 Å². The highest BCUT2D eigenvalue weighted by molar-refractivity contribution is 6.12. The van der Waals surface area contributed by atoms with Crippen molar-refractivity contribution in [2.45, 2.75) is 6.92 Å². The summed E-state index contributed by atoms with van der Waals surface area (Å²) < 4.78 is 14.0. The molecule has 0 atom stereocenters. The summed E-state index contributed by atoms with van der Waals surface area (Å²) in [5.41, 5.74) is 2.65. The molecule has 1 aliphatic rings. The summed E-state index contributed by atoms with van der Waals surface area (Å²) in [6.07, 6.45) is 0. The van der Waals surface area contributed by atoms with Gasteiger partial charge in [-0.2, -0.15) is 0 Å². The molecular formula is C16H13FN2. The van der Waals surface area contributed by atoms with E-state index in [1.807, 2.05) is 42.2 Å². The quantitative estimate of drug-likeness (QED) is 0.736. The largest absolute Gasteiger partial charge is 0.299 e. The third-order valence-corrected chi connectivity index (χ3v) is 3.17. The van der Waals surface area contributed by atoms with E-state index in [-0.39, 0.29) is 5.82 Å². The maximum absolute atomic E-state index is 14.0. The lowest BCUT2D eigenvalue weighted by atomic mass is 10.1. The highest BCUT2D eigenvalue weighted by Crippen LogP contribution is 2.37. The molecule has 1 heterocycles. The molecule has 0 radical (unpaired) electrons. The molecule has 2 aromatic rings. The highest BCUT2D eigenvalue weighted by Gasteiger charge is 2.24. The number of para-hydroxylation sites is 1. The Kier molecular flexibility index (Phi) is 2.67. The van der Waals surface area contributed by atoms with Crippen LogP contribution in [0.25, 0.3) is 5.70 Å². The van der Waals surface area contributed by atoms with Gasteiger partial charge in [0.15, 0.2) is 0 Å². The van der Waals surface area contributed by atoms with Gasteiger partial charge in [-0.1, -0.05) is 30.8 Å². The smallest absolute Gasteiger partial charge is 0.134 e. The van der Waals surface area contributed by atoms with E-state index >= 15 is 0 Å². The predicted octanol–water partition coefficient (Wildman–Crippen LogP) is 4.37. The van der Waals surface area contributed by atoms with Crippen LogP contribution < -0.4 is 4.90 Å². The van der Waals surface area contributed by atoms with Crippen LogP contribution in [0.1, 0.15) is 12.5 Å². The number of amidine groups is 1. The van der Waals surface area contributed by atoms with Crippen molar-refractivity contribution in [1.82, 2.24) is 0 Å². The Morgan fingerprint density at radius 1 is 1.05 bits per heavy atom. The van der Waals surface area contributed by atoms with Crippen LogP contribution in [0, 0.1) is 5.82 Å². The lowest BCUT2D eigenvalue weighted by Crippen LogP contribution is -2.29. The molecule has 0 bridgehead atoms. The van der Waals surface area contributed by atoms with Crippen molar-refractivity contribution in [2.75, 3.05) is 4.90 Å². The third kappa shape index (κ3) is 1.83. The number of halogens is 1. The average molecular weight is 252 g/mol. The minimum atomic E-state index is -0.292. The molecule has 0 saturated heterocycles. The Morgan fingerprint density at radius 3 is 2.53 bits per heavy atom. The Morgan fingerprint density at radius 2 is 1.79 bits per heavy atom. The summed E-state index contributed by atoms with van der Waals surface area (Å²) in [6, 6.07) is 14.6. The molecule has 0 saturated carbocycles. The van der Waals surface area contributed by atoms with Gasteiger partial charge in [-0.05, 0) is 31.2 Å². The van der Waals surface area contributed by atoms with Crippen LogP contribution in [0.5, 0.6) is 0 Å². The number of benzene rings is 2. The van der Waals surface area contributed by atoms with Crippen molar-refractivity contribution in [3.05, 3.63) is 66.5 Å². The molecule has 0 aromatic heterocycles. The lowest BCUT2D eigenvalue weighted by Gasteiger charge is -2.31. The van der Waals surface area contributed by atoms with E-state index < -0.39 is 0 Å². The van der Waals surface area contributed by atoms with Gasteiger partial charge < -0.3 is 0 Å². The van der Waals surface area contributed by atoms with Crippen molar-refractivity contribution >= 4 is 22.9 Å². The van der Waals surface area contributed by atoms with E-state index in [4.69, 9.17) is 0 Å². The molecule has 3 rings (SSSR count). The normalized spacial score (nSPS) is 14.1. The number of fused-ring (bicyclic) bond motifs is 1. The molecule has 94 valence electrons. The van der Waals surface area contributed by atoms with E-state index in [0.29, 0.717) is 16.9 Å².